The number of amides is 1. The van der Waals surface area contributed by atoms with Crippen LogP contribution in [0.25, 0.3) is 0 Å². The minimum Gasteiger partial charge on any atom is -0.396 e. The van der Waals surface area contributed by atoms with Gasteiger partial charge in [-0.15, -0.1) is 5.10 Å². The first-order chi connectivity index (χ1) is 19.0. The number of carbonyl (C=O) groups is 1. The third kappa shape index (κ3) is 5.08. The number of carbonyl (C=O) groups excluding carboxylic acids is 1. The zero-order valence-corrected chi connectivity index (χ0v) is 25.6. The summed E-state index contributed by atoms with van der Waals surface area (Å²) < 4.78 is 25.4. The molecule has 0 unspecified atom stereocenters. The zero-order chi connectivity index (χ0) is 28.8. The lowest BCUT2D eigenvalue weighted by Crippen LogP contribution is -2.45. The maximum atomic E-state index is 16.0. The highest BCUT2D eigenvalue weighted by Gasteiger charge is 2.66. The van der Waals surface area contributed by atoms with E-state index < -0.39 is 36.5 Å². The number of ether oxygens (including phenoxy) is 1. The van der Waals surface area contributed by atoms with E-state index in [1.165, 1.54) is 12.1 Å². The second kappa shape index (κ2) is 10.9. The van der Waals surface area contributed by atoms with E-state index in [-0.39, 0.29) is 24.7 Å². The number of aryl methyl sites for hydroxylation is 1. The topological polar surface area (TPSA) is 124 Å². The molecule has 10 nitrogen and oxygen atoms in total. The highest BCUT2D eigenvalue weighted by molar-refractivity contribution is 14.1. The summed E-state index contributed by atoms with van der Waals surface area (Å²) in [7, 11) is -3.39. The van der Waals surface area contributed by atoms with E-state index in [0.29, 0.717) is 36.3 Å². The standard InChI is InChI=1S/C27H31FIN5O5Si/c1-17-25(40(2,3)28)24(9-11-32-16-20(10-12-35)30-31-32)39-27(17)22-14-21(34(37)38)7-8-23(22)33(26(27)36)15-18-5-4-6-19(29)13-18/h4-8,13-14,16-17,24-25,35H,9-12,15H2,1-3H3/t17-,24+,25-,27+/m0/s1. The van der Waals surface area contributed by atoms with E-state index in [1.54, 1.807) is 34.9 Å². The number of nitro groups is 1. The van der Waals surface area contributed by atoms with Crippen LogP contribution in [-0.4, -0.2) is 52.0 Å². The van der Waals surface area contributed by atoms with Crippen molar-refractivity contribution in [3.8, 4) is 0 Å². The molecule has 2 aliphatic heterocycles. The van der Waals surface area contributed by atoms with Crippen LogP contribution in [-0.2, 0) is 34.6 Å². The molecule has 0 radical (unpaired) electrons. The summed E-state index contributed by atoms with van der Waals surface area (Å²) in [6, 6.07) is 12.2. The molecule has 1 N–H and O–H groups in total. The quantitative estimate of drug-likeness (QED) is 0.114. The Bertz CT molecular complexity index is 1450. The van der Waals surface area contributed by atoms with Crippen molar-refractivity contribution in [2.75, 3.05) is 11.5 Å². The van der Waals surface area contributed by atoms with Crippen LogP contribution < -0.4 is 4.90 Å². The molecule has 3 aromatic rings. The monoisotopic (exact) mass is 679 g/mol. The molecule has 1 amide bonds. The maximum absolute atomic E-state index is 16.0. The molecule has 4 atom stereocenters. The van der Waals surface area contributed by atoms with Crippen LogP contribution in [0.4, 0.5) is 15.5 Å². The number of halogens is 2. The second-order valence-electron chi connectivity index (χ2n) is 11.0. The van der Waals surface area contributed by atoms with E-state index in [1.807, 2.05) is 31.2 Å². The normalized spacial score (nSPS) is 24.2. The third-order valence-electron chi connectivity index (χ3n) is 7.98. The first-order valence-corrected chi connectivity index (χ1v) is 17.2. The van der Waals surface area contributed by atoms with E-state index in [2.05, 4.69) is 32.9 Å². The Morgan fingerprint density at radius 3 is 2.73 bits per heavy atom. The van der Waals surface area contributed by atoms with Crippen LogP contribution >= 0.6 is 22.6 Å². The van der Waals surface area contributed by atoms with Crippen molar-refractivity contribution < 1.29 is 23.7 Å². The van der Waals surface area contributed by atoms with Gasteiger partial charge in [0.15, 0.2) is 5.60 Å². The fraction of sp³-hybridized carbons (Fsp3) is 0.444. The van der Waals surface area contributed by atoms with E-state index in [0.717, 1.165) is 9.13 Å². The average molecular weight is 680 g/mol. The number of fused-ring (bicyclic) bond motifs is 2. The zero-order valence-electron chi connectivity index (χ0n) is 22.5. The minimum absolute atomic E-state index is 0.0412. The van der Waals surface area contributed by atoms with Gasteiger partial charge >= 0.3 is 0 Å². The SMILES string of the molecule is C[C@H]1[C@H]([Si](C)(C)F)[C@@H](CCn2cc(CCO)nn2)O[C@]12C(=O)N(Cc1cccc(I)c1)c1ccc([N+](=O)[O-])cc12. The molecule has 2 aromatic carbocycles. The predicted molar refractivity (Wildman–Crippen MR) is 157 cm³/mol. The van der Waals surface area contributed by atoms with Gasteiger partial charge in [-0.3, -0.25) is 19.6 Å². The smallest absolute Gasteiger partial charge is 0.269 e. The van der Waals surface area contributed by atoms with Crippen molar-refractivity contribution in [3.05, 3.63) is 79.2 Å². The molecule has 0 aliphatic carbocycles. The average Bonchev–Trinajstić information content (AvgIpc) is 3.53. The molecule has 1 aromatic heterocycles. The van der Waals surface area contributed by atoms with Gasteiger partial charge in [0.1, 0.15) is 0 Å². The van der Waals surface area contributed by atoms with Gasteiger partial charge in [0.05, 0.1) is 29.0 Å². The molecule has 1 spiro atoms. The molecule has 40 heavy (non-hydrogen) atoms. The highest BCUT2D eigenvalue weighted by atomic mass is 127. The Balaban J connectivity index is 1.55. The summed E-state index contributed by atoms with van der Waals surface area (Å²) in [6.45, 7) is 5.68. The number of hydrogen-bond donors (Lipinski definition) is 1. The number of nitro benzene ring substituents is 1. The Hall–Kier alpha value is -2.75. The first kappa shape index (κ1) is 28.8. The largest absolute Gasteiger partial charge is 0.396 e. The number of nitrogens with zero attached hydrogens (tertiary/aromatic N) is 5. The molecular formula is C27H31FIN5O5Si. The lowest BCUT2D eigenvalue weighted by Gasteiger charge is -2.31. The fourth-order valence-corrected chi connectivity index (χ4v) is 9.48. The number of rotatable bonds is 9. The number of aliphatic hydroxyl groups excluding tert-OH is 1. The number of non-ortho nitro benzene ring substituents is 1. The summed E-state index contributed by atoms with van der Waals surface area (Å²) >= 11 is 2.21. The molecule has 5 rings (SSSR count). The molecule has 13 heteroatoms. The van der Waals surface area contributed by atoms with Gasteiger partial charge in [-0.25, -0.2) is 0 Å². The Labute approximate surface area is 246 Å². The van der Waals surface area contributed by atoms with Crippen LogP contribution in [0.1, 0.15) is 30.2 Å². The molecular weight excluding hydrogens is 648 g/mol. The number of hydrogen-bond acceptors (Lipinski definition) is 7. The summed E-state index contributed by atoms with van der Waals surface area (Å²) in [4.78, 5) is 27.3. The van der Waals surface area contributed by atoms with Crippen molar-refractivity contribution in [1.29, 1.82) is 0 Å². The lowest BCUT2D eigenvalue weighted by atomic mass is 9.82. The van der Waals surface area contributed by atoms with Gasteiger partial charge < -0.3 is 18.9 Å². The molecule has 0 saturated carbocycles. The maximum Gasteiger partial charge on any atom is 0.269 e. The minimum atomic E-state index is -3.39. The van der Waals surface area contributed by atoms with Crippen LogP contribution in [0.5, 0.6) is 0 Å². The van der Waals surface area contributed by atoms with E-state index >= 15 is 4.11 Å². The number of benzene rings is 2. The third-order valence-corrected chi connectivity index (χ3v) is 11.1. The molecule has 3 heterocycles. The van der Waals surface area contributed by atoms with Crippen molar-refractivity contribution >= 4 is 48.3 Å². The Kier molecular flexibility index (Phi) is 7.85. The van der Waals surface area contributed by atoms with Crippen LogP contribution in [0.3, 0.4) is 0 Å². The highest BCUT2D eigenvalue weighted by Crippen LogP contribution is 2.60. The Morgan fingerprint density at radius 2 is 2.05 bits per heavy atom. The first-order valence-electron chi connectivity index (χ1n) is 13.2. The second-order valence-corrected chi connectivity index (χ2v) is 16.0. The molecule has 212 valence electrons. The lowest BCUT2D eigenvalue weighted by molar-refractivity contribution is -0.385. The van der Waals surface area contributed by atoms with Crippen molar-refractivity contribution in [2.45, 2.75) is 63.2 Å². The number of anilines is 1. The van der Waals surface area contributed by atoms with Crippen molar-refractivity contribution in [2.24, 2.45) is 5.92 Å². The van der Waals surface area contributed by atoms with Crippen LogP contribution in [0.2, 0.25) is 18.6 Å². The van der Waals surface area contributed by atoms with Gasteiger partial charge in [-0.1, -0.05) is 24.3 Å². The summed E-state index contributed by atoms with van der Waals surface area (Å²) in [6.07, 6.45) is 1.89. The van der Waals surface area contributed by atoms with Gasteiger partial charge in [0.25, 0.3) is 11.6 Å². The van der Waals surface area contributed by atoms with Crippen LogP contribution in [0, 0.1) is 19.6 Å². The Morgan fingerprint density at radius 1 is 1.27 bits per heavy atom. The molecule has 2 aliphatic rings. The summed E-state index contributed by atoms with van der Waals surface area (Å²) in [5.41, 5.74) is 0.292. The van der Waals surface area contributed by atoms with Crippen LogP contribution in [0.15, 0.2) is 48.7 Å². The van der Waals surface area contributed by atoms with Crippen molar-refractivity contribution in [1.82, 2.24) is 15.0 Å². The molecule has 1 fully saturated rings. The fourth-order valence-electron chi connectivity index (χ4n) is 6.33. The molecule has 0 bridgehead atoms. The van der Waals surface area contributed by atoms with Gasteiger partial charge in [-0.2, -0.15) is 0 Å². The number of aliphatic hydroxyl groups is 1. The molecule has 1 saturated heterocycles. The summed E-state index contributed by atoms with van der Waals surface area (Å²) in [5.74, 6) is -0.884. The van der Waals surface area contributed by atoms with Crippen molar-refractivity contribution in [3.63, 3.8) is 0 Å². The van der Waals surface area contributed by atoms with E-state index in [9.17, 15) is 20.0 Å². The van der Waals surface area contributed by atoms with Gasteiger partial charge in [-0.05, 0) is 65.9 Å². The van der Waals surface area contributed by atoms with Gasteiger partial charge in [0.2, 0.25) is 8.41 Å². The van der Waals surface area contributed by atoms with Gasteiger partial charge in [0, 0.05) is 58.5 Å². The number of aromatic nitrogens is 3. The summed E-state index contributed by atoms with van der Waals surface area (Å²) in [5, 5.41) is 29.1. The predicted octanol–water partition coefficient (Wildman–Crippen LogP) is 4.74. The van der Waals surface area contributed by atoms with E-state index in [4.69, 9.17) is 4.74 Å².